The molecular formula is C11H14IN5. The van der Waals surface area contributed by atoms with Crippen LogP contribution in [0.25, 0.3) is 0 Å². The molecule has 5 nitrogen and oxygen atoms in total. The van der Waals surface area contributed by atoms with E-state index >= 15 is 0 Å². The summed E-state index contributed by atoms with van der Waals surface area (Å²) in [5.41, 5.74) is 6.31. The fourth-order valence-electron chi connectivity index (χ4n) is 1.11. The van der Waals surface area contributed by atoms with Crippen LogP contribution in [0.2, 0.25) is 0 Å². The lowest BCUT2D eigenvalue weighted by Gasteiger charge is -2.08. The number of nitrogens with zero attached hydrogens (tertiary/aromatic N) is 2. The second-order valence-electron chi connectivity index (χ2n) is 3.83. The van der Waals surface area contributed by atoms with E-state index in [1.807, 2.05) is 13.8 Å². The summed E-state index contributed by atoms with van der Waals surface area (Å²) in [5.74, 6) is 6.53. The summed E-state index contributed by atoms with van der Waals surface area (Å²) in [6, 6.07) is 0. The van der Waals surface area contributed by atoms with Gasteiger partial charge in [-0.25, -0.2) is 9.97 Å². The Morgan fingerprint density at radius 2 is 2.18 bits per heavy atom. The molecule has 1 heterocycles. The summed E-state index contributed by atoms with van der Waals surface area (Å²) < 4.78 is -0.186. The first-order valence-electron chi connectivity index (χ1n) is 4.94. The number of nitrogens with one attached hydrogen (secondary N) is 2. The Hall–Kier alpha value is -1.36. The molecule has 0 aliphatic heterocycles. The van der Waals surface area contributed by atoms with E-state index in [-0.39, 0.29) is 15.0 Å². The first kappa shape index (κ1) is 13.7. The number of halogens is 1. The molecule has 0 saturated carbocycles. The van der Waals surface area contributed by atoms with Crippen molar-refractivity contribution < 1.29 is 0 Å². The zero-order valence-corrected chi connectivity index (χ0v) is 12.1. The fraction of sp³-hybridized carbons (Fsp3) is 0.364. The third-order valence-corrected chi connectivity index (χ3v) is 2.12. The Morgan fingerprint density at radius 3 is 2.71 bits per heavy atom. The lowest BCUT2D eigenvalue weighted by molar-refractivity contribution is 0.981. The van der Waals surface area contributed by atoms with E-state index in [2.05, 4.69) is 49.7 Å². The third-order valence-electron chi connectivity index (χ3n) is 1.85. The summed E-state index contributed by atoms with van der Waals surface area (Å²) in [4.78, 5) is 7.88. The second kappa shape index (κ2) is 5.31. The number of aromatic nitrogens is 2. The molecule has 1 rings (SSSR count). The van der Waals surface area contributed by atoms with Crippen LogP contribution in [-0.4, -0.2) is 26.1 Å². The van der Waals surface area contributed by atoms with Crippen molar-refractivity contribution in [3.63, 3.8) is 0 Å². The van der Waals surface area contributed by atoms with Gasteiger partial charge in [-0.1, -0.05) is 28.5 Å². The van der Waals surface area contributed by atoms with E-state index < -0.39 is 0 Å². The number of hydrogen-bond donors (Lipinski definition) is 3. The molecule has 17 heavy (non-hydrogen) atoms. The average Bonchev–Trinajstić information content (AvgIpc) is 2.24. The quantitative estimate of drug-likeness (QED) is 0.330. The van der Waals surface area contributed by atoms with Crippen molar-refractivity contribution in [3.05, 3.63) is 11.9 Å². The SMILES string of the molecule is CNc1ncnc(N)c1C(=N)C#CC(C)(C)I. The van der Waals surface area contributed by atoms with Crippen molar-refractivity contribution in [2.24, 2.45) is 0 Å². The molecule has 0 spiro atoms. The molecule has 4 N–H and O–H groups in total. The van der Waals surface area contributed by atoms with Crippen molar-refractivity contribution in [3.8, 4) is 11.8 Å². The van der Waals surface area contributed by atoms with Crippen molar-refractivity contribution >= 4 is 39.9 Å². The predicted molar refractivity (Wildman–Crippen MR) is 78.7 cm³/mol. The van der Waals surface area contributed by atoms with E-state index in [1.54, 1.807) is 7.05 Å². The molecule has 0 bridgehead atoms. The van der Waals surface area contributed by atoms with Gasteiger partial charge in [0, 0.05) is 7.05 Å². The highest BCUT2D eigenvalue weighted by Gasteiger charge is 2.13. The van der Waals surface area contributed by atoms with Crippen LogP contribution in [-0.2, 0) is 0 Å². The molecule has 1 aromatic rings. The normalized spacial score (nSPS) is 10.4. The Kier molecular flexibility index (Phi) is 4.28. The van der Waals surface area contributed by atoms with Crippen LogP contribution >= 0.6 is 22.6 Å². The van der Waals surface area contributed by atoms with Gasteiger partial charge in [-0.15, -0.1) is 0 Å². The summed E-state index contributed by atoms with van der Waals surface area (Å²) in [7, 11) is 1.72. The molecule has 90 valence electrons. The number of hydrogen-bond acceptors (Lipinski definition) is 5. The van der Waals surface area contributed by atoms with E-state index in [0.717, 1.165) is 0 Å². The van der Waals surface area contributed by atoms with Gasteiger partial charge in [0.2, 0.25) is 0 Å². The molecule has 1 aromatic heterocycles. The van der Waals surface area contributed by atoms with Gasteiger partial charge in [0.05, 0.1) is 8.99 Å². The van der Waals surface area contributed by atoms with Crippen LogP contribution in [0.15, 0.2) is 6.33 Å². The molecule has 6 heteroatoms. The van der Waals surface area contributed by atoms with Gasteiger partial charge in [-0.2, -0.15) is 0 Å². The third kappa shape index (κ3) is 3.85. The zero-order valence-electron chi connectivity index (χ0n) is 9.93. The van der Waals surface area contributed by atoms with Crippen molar-refractivity contribution in [1.82, 2.24) is 9.97 Å². The first-order chi connectivity index (χ1) is 7.85. The Bertz CT molecular complexity index is 493. The summed E-state index contributed by atoms with van der Waals surface area (Å²) >= 11 is 2.21. The van der Waals surface area contributed by atoms with Gasteiger partial charge in [0.1, 0.15) is 23.7 Å². The standard InChI is InChI=1S/C11H14IN5/c1-11(2,12)5-4-7(13)8-9(14)16-6-17-10(8)15-3/h6,13H,1-3H3,(H3,14,15,16,17). The molecule has 0 aliphatic rings. The molecular weight excluding hydrogens is 329 g/mol. The molecule has 0 saturated heterocycles. The second-order valence-corrected chi connectivity index (χ2v) is 6.53. The van der Waals surface area contributed by atoms with E-state index in [4.69, 9.17) is 11.1 Å². The minimum atomic E-state index is -0.186. The number of nitrogens with two attached hydrogens (primary N) is 1. The summed E-state index contributed by atoms with van der Waals surface area (Å²) in [5, 5.41) is 10.8. The van der Waals surface area contributed by atoms with Gasteiger partial charge < -0.3 is 11.1 Å². The van der Waals surface area contributed by atoms with Crippen molar-refractivity contribution in [1.29, 1.82) is 5.41 Å². The van der Waals surface area contributed by atoms with Crippen LogP contribution in [0.4, 0.5) is 11.6 Å². The highest BCUT2D eigenvalue weighted by Crippen LogP contribution is 2.18. The van der Waals surface area contributed by atoms with Crippen LogP contribution in [0, 0.1) is 17.3 Å². The van der Waals surface area contributed by atoms with Gasteiger partial charge in [-0.05, 0) is 19.8 Å². The van der Waals surface area contributed by atoms with Crippen molar-refractivity contribution in [2.45, 2.75) is 17.3 Å². The fourth-order valence-corrected chi connectivity index (χ4v) is 1.24. The summed E-state index contributed by atoms with van der Waals surface area (Å²) in [6.45, 7) is 3.94. The van der Waals surface area contributed by atoms with Gasteiger partial charge >= 0.3 is 0 Å². The van der Waals surface area contributed by atoms with E-state index in [1.165, 1.54) is 6.33 Å². The number of rotatable bonds is 2. The first-order valence-corrected chi connectivity index (χ1v) is 6.02. The molecule has 0 aliphatic carbocycles. The monoisotopic (exact) mass is 343 g/mol. The Morgan fingerprint density at radius 1 is 1.53 bits per heavy atom. The minimum Gasteiger partial charge on any atom is -0.383 e. The maximum Gasteiger partial charge on any atom is 0.141 e. The maximum atomic E-state index is 7.92. The maximum absolute atomic E-state index is 7.92. The largest absolute Gasteiger partial charge is 0.383 e. The van der Waals surface area contributed by atoms with Crippen LogP contribution in [0.3, 0.4) is 0 Å². The lowest BCUT2D eigenvalue weighted by atomic mass is 10.1. The Labute approximate surface area is 114 Å². The van der Waals surface area contributed by atoms with Crippen LogP contribution in [0.1, 0.15) is 19.4 Å². The molecule has 0 fully saturated rings. The molecule has 0 atom stereocenters. The van der Waals surface area contributed by atoms with Crippen LogP contribution < -0.4 is 11.1 Å². The Balaban J connectivity index is 3.16. The topological polar surface area (TPSA) is 87.7 Å². The van der Waals surface area contributed by atoms with Gasteiger partial charge in [-0.3, -0.25) is 5.41 Å². The molecule has 0 unspecified atom stereocenters. The average molecular weight is 343 g/mol. The van der Waals surface area contributed by atoms with E-state index in [9.17, 15) is 0 Å². The predicted octanol–water partition coefficient (Wildman–Crippen LogP) is 1.69. The number of anilines is 2. The number of nitrogen functional groups attached to an aromatic ring is 1. The minimum absolute atomic E-state index is 0.122. The van der Waals surface area contributed by atoms with Crippen molar-refractivity contribution in [2.75, 3.05) is 18.1 Å². The van der Waals surface area contributed by atoms with Crippen LogP contribution in [0.5, 0.6) is 0 Å². The zero-order chi connectivity index (χ0) is 13.1. The molecule has 0 amide bonds. The van der Waals surface area contributed by atoms with Gasteiger partial charge in [0.15, 0.2) is 0 Å². The highest BCUT2D eigenvalue weighted by molar-refractivity contribution is 14.1. The smallest absolute Gasteiger partial charge is 0.141 e. The lowest BCUT2D eigenvalue weighted by Crippen LogP contribution is -2.11. The molecule has 0 radical (unpaired) electrons. The highest BCUT2D eigenvalue weighted by atomic mass is 127. The van der Waals surface area contributed by atoms with E-state index in [0.29, 0.717) is 11.4 Å². The van der Waals surface area contributed by atoms with Gasteiger partial charge in [0.25, 0.3) is 0 Å². The number of alkyl halides is 1. The molecule has 0 aromatic carbocycles. The summed E-state index contributed by atoms with van der Waals surface area (Å²) in [6.07, 6.45) is 1.35.